The average molecular weight is 469 g/mol. The van der Waals surface area contributed by atoms with Gasteiger partial charge in [0.25, 0.3) is 5.91 Å². The van der Waals surface area contributed by atoms with Crippen LogP contribution in [0.5, 0.6) is 17.2 Å². The third kappa shape index (κ3) is 5.15. The van der Waals surface area contributed by atoms with Crippen molar-refractivity contribution in [3.63, 3.8) is 0 Å². The topological polar surface area (TPSA) is 88.4 Å². The minimum Gasteiger partial charge on any atom is -0.493 e. The number of esters is 1. The van der Waals surface area contributed by atoms with Gasteiger partial charge in [0.05, 0.1) is 44.2 Å². The zero-order valence-corrected chi connectivity index (χ0v) is 19.6. The number of carbonyl (C=O) groups is 2. The van der Waals surface area contributed by atoms with Gasteiger partial charge in [-0.25, -0.2) is 4.79 Å². The zero-order valence-electron chi connectivity index (χ0n) is 18.8. The highest BCUT2D eigenvalue weighted by Gasteiger charge is 2.13. The molecule has 0 saturated carbocycles. The highest BCUT2D eigenvalue weighted by Crippen LogP contribution is 2.38. The normalized spacial score (nSPS) is 11.6. The van der Waals surface area contributed by atoms with E-state index in [1.54, 1.807) is 42.5 Å². The molecule has 0 unspecified atom stereocenters. The predicted octanol–water partition coefficient (Wildman–Crippen LogP) is 3.84. The van der Waals surface area contributed by atoms with E-state index >= 15 is 0 Å². The van der Waals surface area contributed by atoms with E-state index in [4.69, 9.17) is 18.9 Å². The van der Waals surface area contributed by atoms with Crippen LogP contribution in [0.25, 0.3) is 16.3 Å². The molecule has 8 nitrogen and oxygen atoms in total. The molecule has 0 fully saturated rings. The summed E-state index contributed by atoms with van der Waals surface area (Å²) in [5.41, 5.74) is 1.95. The molecule has 2 aromatic carbocycles. The lowest BCUT2D eigenvalue weighted by Gasteiger charge is -2.12. The Morgan fingerprint density at radius 2 is 1.76 bits per heavy atom. The van der Waals surface area contributed by atoms with E-state index in [9.17, 15) is 9.59 Å². The first-order valence-electron chi connectivity index (χ1n) is 9.85. The number of hydrogen-bond donors (Lipinski definition) is 0. The first-order chi connectivity index (χ1) is 15.9. The lowest BCUT2D eigenvalue weighted by Crippen LogP contribution is -2.15. The van der Waals surface area contributed by atoms with Crippen molar-refractivity contribution in [2.75, 3.05) is 28.4 Å². The smallest absolute Gasteiger partial charge is 0.337 e. The van der Waals surface area contributed by atoms with Crippen molar-refractivity contribution in [1.82, 2.24) is 4.57 Å². The van der Waals surface area contributed by atoms with E-state index in [1.807, 2.05) is 4.57 Å². The minimum absolute atomic E-state index is 0.427. The average Bonchev–Trinajstić information content (AvgIpc) is 3.17. The summed E-state index contributed by atoms with van der Waals surface area (Å²) < 4.78 is 23.5. The Hall–Kier alpha value is -3.85. The lowest BCUT2D eigenvalue weighted by atomic mass is 10.1. The van der Waals surface area contributed by atoms with Gasteiger partial charge in [-0.2, -0.15) is 4.99 Å². The van der Waals surface area contributed by atoms with Crippen LogP contribution >= 0.6 is 11.3 Å². The van der Waals surface area contributed by atoms with Gasteiger partial charge in [-0.1, -0.05) is 17.4 Å². The Balaban J connectivity index is 1.99. The number of methoxy groups -OCH3 is 4. The van der Waals surface area contributed by atoms with Gasteiger partial charge < -0.3 is 23.5 Å². The van der Waals surface area contributed by atoms with E-state index in [1.165, 1.54) is 45.9 Å². The van der Waals surface area contributed by atoms with Gasteiger partial charge in [0.2, 0.25) is 5.75 Å². The van der Waals surface area contributed by atoms with E-state index in [-0.39, 0.29) is 0 Å². The van der Waals surface area contributed by atoms with Crippen LogP contribution in [0.15, 0.2) is 54.1 Å². The Bertz CT molecular complexity index is 1280. The van der Waals surface area contributed by atoms with Crippen LogP contribution in [0, 0.1) is 0 Å². The van der Waals surface area contributed by atoms with Crippen LogP contribution < -0.4 is 19.0 Å². The van der Waals surface area contributed by atoms with Crippen LogP contribution in [0.4, 0.5) is 0 Å². The summed E-state index contributed by atoms with van der Waals surface area (Å²) in [4.78, 5) is 29.2. The first kappa shape index (κ1) is 23.8. The maximum Gasteiger partial charge on any atom is 0.337 e. The third-order valence-corrected chi connectivity index (χ3v) is 5.77. The lowest BCUT2D eigenvalue weighted by molar-refractivity contribution is -0.113. The second kappa shape index (κ2) is 10.6. The van der Waals surface area contributed by atoms with Gasteiger partial charge in [0.15, 0.2) is 16.3 Å². The molecule has 1 heterocycles. The number of thiazole rings is 1. The van der Waals surface area contributed by atoms with E-state index in [0.717, 1.165) is 10.2 Å². The predicted molar refractivity (Wildman–Crippen MR) is 127 cm³/mol. The van der Waals surface area contributed by atoms with Gasteiger partial charge in [0, 0.05) is 12.6 Å². The molecule has 3 rings (SSSR count). The molecule has 33 heavy (non-hydrogen) atoms. The number of fused-ring (bicyclic) bond motifs is 1. The molecule has 0 aliphatic heterocycles. The number of amides is 1. The molecule has 0 aliphatic carbocycles. The molecule has 0 radical (unpaired) electrons. The van der Waals surface area contributed by atoms with Crippen LogP contribution in [0.1, 0.15) is 15.9 Å². The minimum atomic E-state index is -0.443. The van der Waals surface area contributed by atoms with Crippen molar-refractivity contribution < 1.29 is 28.5 Å². The van der Waals surface area contributed by atoms with Crippen molar-refractivity contribution >= 4 is 39.5 Å². The molecule has 0 spiro atoms. The molecule has 1 aromatic heterocycles. The van der Waals surface area contributed by atoms with E-state index in [2.05, 4.69) is 11.6 Å². The molecule has 0 N–H and O–H groups in total. The number of nitrogens with zero attached hydrogens (tertiary/aromatic N) is 2. The Kier molecular flexibility index (Phi) is 7.68. The number of rotatable bonds is 8. The van der Waals surface area contributed by atoms with Gasteiger partial charge in [-0.15, -0.1) is 6.58 Å². The number of ether oxygens (including phenoxy) is 4. The number of carbonyl (C=O) groups excluding carboxylic acids is 2. The fraction of sp³-hybridized carbons (Fsp3) is 0.208. The summed E-state index contributed by atoms with van der Waals surface area (Å²) in [5, 5.41) is 0. The molecular formula is C24H24N2O6S. The molecule has 3 aromatic rings. The van der Waals surface area contributed by atoms with Gasteiger partial charge in [-0.3, -0.25) is 4.79 Å². The SMILES string of the molecule is C=CCn1c(=NC(=O)C=Cc2cc(OC)c(OC)c(OC)c2)sc2cc(C(=O)OC)ccc21. The maximum absolute atomic E-state index is 12.6. The van der Waals surface area contributed by atoms with Crippen molar-refractivity contribution in [2.24, 2.45) is 4.99 Å². The molecule has 0 atom stereocenters. The number of allylic oxidation sites excluding steroid dienone is 1. The number of aromatic nitrogens is 1. The summed E-state index contributed by atoms with van der Waals surface area (Å²) in [6, 6.07) is 8.67. The highest BCUT2D eigenvalue weighted by atomic mass is 32.1. The maximum atomic E-state index is 12.6. The largest absolute Gasteiger partial charge is 0.493 e. The summed E-state index contributed by atoms with van der Waals surface area (Å²) >= 11 is 1.30. The molecular weight excluding hydrogens is 444 g/mol. The fourth-order valence-electron chi connectivity index (χ4n) is 3.21. The van der Waals surface area contributed by atoms with E-state index in [0.29, 0.717) is 39.7 Å². The summed E-state index contributed by atoms with van der Waals surface area (Å²) in [5.74, 6) is 0.561. The molecule has 0 saturated heterocycles. The van der Waals surface area contributed by atoms with Crippen LogP contribution in [-0.4, -0.2) is 44.9 Å². The Morgan fingerprint density at radius 3 is 2.33 bits per heavy atom. The van der Waals surface area contributed by atoms with Gasteiger partial charge >= 0.3 is 5.97 Å². The molecule has 9 heteroatoms. The Labute approximate surface area is 195 Å². The number of benzene rings is 2. The van der Waals surface area contributed by atoms with Crippen molar-refractivity contribution in [3.8, 4) is 17.2 Å². The van der Waals surface area contributed by atoms with Crippen molar-refractivity contribution in [2.45, 2.75) is 6.54 Å². The quantitative estimate of drug-likeness (QED) is 0.284. The van der Waals surface area contributed by atoms with Crippen LogP contribution in [-0.2, 0) is 16.1 Å². The molecule has 0 bridgehead atoms. The molecule has 172 valence electrons. The third-order valence-electron chi connectivity index (χ3n) is 4.73. The van der Waals surface area contributed by atoms with Crippen LogP contribution in [0.3, 0.4) is 0 Å². The Morgan fingerprint density at radius 1 is 1.06 bits per heavy atom. The summed E-state index contributed by atoms with van der Waals surface area (Å²) in [7, 11) is 5.90. The number of hydrogen-bond acceptors (Lipinski definition) is 7. The van der Waals surface area contributed by atoms with E-state index < -0.39 is 11.9 Å². The zero-order chi connectivity index (χ0) is 24.0. The monoisotopic (exact) mass is 468 g/mol. The second-order valence-corrected chi connectivity index (χ2v) is 7.71. The first-order valence-corrected chi connectivity index (χ1v) is 10.7. The van der Waals surface area contributed by atoms with Crippen LogP contribution in [0.2, 0.25) is 0 Å². The van der Waals surface area contributed by atoms with Gasteiger partial charge in [0.1, 0.15) is 0 Å². The standard InChI is InChI=1S/C24H24N2O6S/c1-6-11-26-17-9-8-16(23(28)32-5)14-20(17)33-24(26)25-21(27)10-7-15-12-18(29-2)22(31-4)19(13-15)30-3/h6-10,12-14H,1,11H2,2-5H3. The van der Waals surface area contributed by atoms with Crippen molar-refractivity contribution in [1.29, 1.82) is 0 Å². The summed E-state index contributed by atoms with van der Waals surface area (Å²) in [6.07, 6.45) is 4.70. The molecule has 0 aliphatic rings. The van der Waals surface area contributed by atoms with Crippen molar-refractivity contribution in [3.05, 3.63) is 65.0 Å². The second-order valence-electron chi connectivity index (χ2n) is 6.70. The highest BCUT2D eigenvalue weighted by molar-refractivity contribution is 7.16. The fourth-order valence-corrected chi connectivity index (χ4v) is 4.29. The molecule has 1 amide bonds. The summed E-state index contributed by atoms with van der Waals surface area (Å²) in [6.45, 7) is 4.24. The van der Waals surface area contributed by atoms with Gasteiger partial charge in [-0.05, 0) is 42.0 Å².